The van der Waals surface area contributed by atoms with Crippen LogP contribution in [0.25, 0.3) is 0 Å². The Morgan fingerprint density at radius 1 is 1.69 bits per heavy atom. The number of hydrogen-bond acceptors (Lipinski definition) is 2. The Kier molecular flexibility index (Phi) is 3.48. The Bertz CT molecular complexity index is 321. The highest BCUT2D eigenvalue weighted by atomic mass is 79.9. The predicted molar refractivity (Wildman–Crippen MR) is 60.0 cm³/mol. The molecule has 0 amide bonds. The van der Waals surface area contributed by atoms with Gasteiger partial charge in [-0.15, -0.1) is 0 Å². The zero-order valence-corrected chi connectivity index (χ0v) is 9.48. The summed E-state index contributed by atoms with van der Waals surface area (Å²) in [6.07, 6.45) is 1.79. The molecule has 1 rings (SSSR count). The fourth-order valence-electron chi connectivity index (χ4n) is 0.960. The SMILES string of the molecule is C=C(C)CNc1ncc(Br)cc1C. The molecule has 0 unspecified atom stereocenters. The molecule has 1 aromatic rings. The van der Waals surface area contributed by atoms with E-state index in [2.05, 4.69) is 32.8 Å². The van der Waals surface area contributed by atoms with Gasteiger partial charge in [0.1, 0.15) is 5.82 Å². The maximum Gasteiger partial charge on any atom is 0.129 e. The smallest absolute Gasteiger partial charge is 0.129 e. The molecular formula is C10H13BrN2. The van der Waals surface area contributed by atoms with E-state index in [9.17, 15) is 0 Å². The van der Waals surface area contributed by atoms with Gasteiger partial charge in [0, 0.05) is 17.2 Å². The summed E-state index contributed by atoms with van der Waals surface area (Å²) in [5, 5.41) is 3.21. The Morgan fingerprint density at radius 2 is 2.38 bits per heavy atom. The van der Waals surface area contributed by atoms with Crippen molar-refractivity contribution < 1.29 is 0 Å². The van der Waals surface area contributed by atoms with Gasteiger partial charge < -0.3 is 5.32 Å². The number of aromatic nitrogens is 1. The molecule has 0 aliphatic rings. The summed E-state index contributed by atoms with van der Waals surface area (Å²) in [5.74, 6) is 0.922. The quantitative estimate of drug-likeness (QED) is 0.822. The first kappa shape index (κ1) is 10.3. The van der Waals surface area contributed by atoms with Gasteiger partial charge in [-0.1, -0.05) is 12.2 Å². The molecule has 0 saturated carbocycles. The summed E-state index contributed by atoms with van der Waals surface area (Å²) in [6, 6.07) is 2.04. The number of hydrogen-bond donors (Lipinski definition) is 1. The highest BCUT2D eigenvalue weighted by Gasteiger charge is 1.98. The van der Waals surface area contributed by atoms with Crippen LogP contribution in [-0.4, -0.2) is 11.5 Å². The van der Waals surface area contributed by atoms with E-state index >= 15 is 0 Å². The molecular weight excluding hydrogens is 228 g/mol. The molecule has 70 valence electrons. The second-order valence-electron chi connectivity index (χ2n) is 3.13. The van der Waals surface area contributed by atoms with E-state index in [1.165, 1.54) is 0 Å². The van der Waals surface area contributed by atoms with E-state index in [0.29, 0.717) is 0 Å². The van der Waals surface area contributed by atoms with Crippen molar-refractivity contribution in [1.82, 2.24) is 4.98 Å². The normalized spacial score (nSPS) is 9.77. The van der Waals surface area contributed by atoms with Crippen molar-refractivity contribution in [2.45, 2.75) is 13.8 Å². The molecule has 0 atom stereocenters. The molecule has 13 heavy (non-hydrogen) atoms. The number of halogens is 1. The number of aryl methyl sites for hydroxylation is 1. The van der Waals surface area contributed by atoms with Gasteiger partial charge in [-0.2, -0.15) is 0 Å². The van der Waals surface area contributed by atoms with Gasteiger partial charge in [0.05, 0.1) is 0 Å². The van der Waals surface area contributed by atoms with Gasteiger partial charge in [-0.3, -0.25) is 0 Å². The molecule has 3 heteroatoms. The molecule has 1 aromatic heterocycles. The second kappa shape index (κ2) is 4.42. The maximum absolute atomic E-state index is 4.25. The van der Waals surface area contributed by atoms with Gasteiger partial charge in [0.15, 0.2) is 0 Å². The van der Waals surface area contributed by atoms with Gasteiger partial charge in [-0.25, -0.2) is 4.98 Å². The first-order valence-corrected chi connectivity index (χ1v) is 4.89. The molecule has 2 nitrogen and oxygen atoms in total. The van der Waals surface area contributed by atoms with Crippen LogP contribution in [0.3, 0.4) is 0 Å². The zero-order chi connectivity index (χ0) is 9.84. The van der Waals surface area contributed by atoms with Crippen molar-refractivity contribution in [2.24, 2.45) is 0 Å². The van der Waals surface area contributed by atoms with E-state index in [-0.39, 0.29) is 0 Å². The van der Waals surface area contributed by atoms with Crippen LogP contribution in [0.1, 0.15) is 12.5 Å². The monoisotopic (exact) mass is 240 g/mol. The second-order valence-corrected chi connectivity index (χ2v) is 4.05. The number of nitrogens with zero attached hydrogens (tertiary/aromatic N) is 1. The van der Waals surface area contributed by atoms with Crippen LogP contribution in [0.4, 0.5) is 5.82 Å². The Morgan fingerprint density at radius 3 is 2.92 bits per heavy atom. The van der Waals surface area contributed by atoms with Crippen molar-refractivity contribution in [1.29, 1.82) is 0 Å². The lowest BCUT2D eigenvalue weighted by molar-refractivity contribution is 1.14. The topological polar surface area (TPSA) is 24.9 Å². The van der Waals surface area contributed by atoms with E-state index in [1.807, 2.05) is 19.9 Å². The van der Waals surface area contributed by atoms with E-state index in [1.54, 1.807) is 6.20 Å². The third-order valence-electron chi connectivity index (χ3n) is 1.60. The molecule has 1 heterocycles. The fraction of sp³-hybridized carbons (Fsp3) is 0.300. The lowest BCUT2D eigenvalue weighted by Gasteiger charge is -2.07. The van der Waals surface area contributed by atoms with Crippen molar-refractivity contribution in [3.05, 3.63) is 34.5 Å². The number of pyridine rings is 1. The third-order valence-corrected chi connectivity index (χ3v) is 2.04. The summed E-state index contributed by atoms with van der Waals surface area (Å²) in [4.78, 5) is 4.25. The van der Waals surface area contributed by atoms with Crippen LogP contribution in [0.5, 0.6) is 0 Å². The highest BCUT2D eigenvalue weighted by molar-refractivity contribution is 9.10. The summed E-state index contributed by atoms with van der Waals surface area (Å²) in [5.41, 5.74) is 2.24. The van der Waals surface area contributed by atoms with E-state index in [4.69, 9.17) is 0 Å². The van der Waals surface area contributed by atoms with Gasteiger partial charge in [0.25, 0.3) is 0 Å². The van der Waals surface area contributed by atoms with Gasteiger partial charge in [-0.05, 0) is 41.4 Å². The van der Waals surface area contributed by atoms with E-state index in [0.717, 1.165) is 28.0 Å². The first-order chi connectivity index (χ1) is 6.09. The maximum atomic E-state index is 4.25. The number of nitrogens with one attached hydrogen (secondary N) is 1. The largest absolute Gasteiger partial charge is 0.366 e. The van der Waals surface area contributed by atoms with Crippen LogP contribution >= 0.6 is 15.9 Å². The summed E-state index contributed by atoms with van der Waals surface area (Å²) in [7, 11) is 0. The summed E-state index contributed by atoms with van der Waals surface area (Å²) < 4.78 is 1.01. The minimum Gasteiger partial charge on any atom is -0.366 e. The molecule has 1 N–H and O–H groups in total. The van der Waals surface area contributed by atoms with Crippen LogP contribution in [0.15, 0.2) is 28.9 Å². The highest BCUT2D eigenvalue weighted by Crippen LogP contribution is 2.16. The van der Waals surface area contributed by atoms with E-state index < -0.39 is 0 Å². The predicted octanol–water partition coefficient (Wildman–Crippen LogP) is 3.14. The minimum atomic E-state index is 0.773. The fourth-order valence-corrected chi connectivity index (χ4v) is 1.41. The van der Waals surface area contributed by atoms with Crippen molar-refractivity contribution in [3.63, 3.8) is 0 Å². The Labute approximate surface area is 87.2 Å². The number of rotatable bonds is 3. The van der Waals surface area contributed by atoms with Crippen LogP contribution < -0.4 is 5.32 Å². The molecule has 0 spiro atoms. The zero-order valence-electron chi connectivity index (χ0n) is 7.89. The molecule has 0 bridgehead atoms. The minimum absolute atomic E-state index is 0.773. The molecule has 0 radical (unpaired) electrons. The van der Waals surface area contributed by atoms with Crippen molar-refractivity contribution in [3.8, 4) is 0 Å². The molecule has 0 aromatic carbocycles. The van der Waals surface area contributed by atoms with Crippen molar-refractivity contribution >= 4 is 21.7 Å². The number of anilines is 1. The van der Waals surface area contributed by atoms with Gasteiger partial charge in [0.2, 0.25) is 0 Å². The van der Waals surface area contributed by atoms with Crippen LogP contribution in [-0.2, 0) is 0 Å². The lowest BCUT2D eigenvalue weighted by atomic mass is 10.3. The van der Waals surface area contributed by atoms with Crippen LogP contribution in [0.2, 0.25) is 0 Å². The molecule has 0 aliphatic heterocycles. The third kappa shape index (κ3) is 3.19. The lowest BCUT2D eigenvalue weighted by Crippen LogP contribution is -2.05. The van der Waals surface area contributed by atoms with Gasteiger partial charge >= 0.3 is 0 Å². The van der Waals surface area contributed by atoms with Crippen molar-refractivity contribution in [2.75, 3.05) is 11.9 Å². The molecule has 0 saturated heterocycles. The summed E-state index contributed by atoms with van der Waals surface area (Å²) >= 11 is 3.37. The van der Waals surface area contributed by atoms with Crippen LogP contribution in [0, 0.1) is 6.92 Å². The summed E-state index contributed by atoms with van der Waals surface area (Å²) in [6.45, 7) is 8.60. The Hall–Kier alpha value is -0.830. The average molecular weight is 241 g/mol. The molecule has 0 aliphatic carbocycles. The Balaban J connectivity index is 2.72. The molecule has 0 fully saturated rings. The average Bonchev–Trinajstić information content (AvgIpc) is 2.02. The first-order valence-electron chi connectivity index (χ1n) is 4.10. The standard InChI is InChI=1S/C10H13BrN2/c1-7(2)5-12-10-8(3)4-9(11)6-13-10/h4,6H,1,5H2,2-3H3,(H,12,13).